The van der Waals surface area contributed by atoms with E-state index in [4.69, 9.17) is 0 Å². The maximum Gasteiger partial charge on any atom is 0.460 e. The molecule has 0 radical (unpaired) electrons. The van der Waals surface area contributed by atoms with Crippen LogP contribution in [0.4, 0.5) is 74.6 Å². The molecule has 0 aromatic heterocycles. The number of hydrogen-bond donors (Lipinski definition) is 0. The van der Waals surface area contributed by atoms with E-state index in [9.17, 15) is 74.3 Å². The topological polar surface area (TPSA) is 43.4 Å². The molecule has 0 saturated carbocycles. The van der Waals surface area contributed by atoms with Crippen LogP contribution in [0.2, 0.25) is 0 Å². The molecule has 0 unspecified atom stereocenters. The molecule has 0 aliphatic rings. The van der Waals surface area contributed by atoms with Gasteiger partial charge in [-0.25, -0.2) is 3.63 Å². The second-order valence-electron chi connectivity index (χ2n) is 13.4. The molecule has 22 heteroatoms. The summed E-state index contributed by atoms with van der Waals surface area (Å²) in [6.07, 6.45) is 1.56. The Morgan fingerprint density at radius 1 is 0.352 bits per heavy atom. The van der Waals surface area contributed by atoms with Crippen LogP contribution in [0, 0.1) is 0 Å². The van der Waals surface area contributed by atoms with Crippen LogP contribution >= 0.6 is 10.3 Å². The molecule has 0 aromatic rings. The maximum absolute atomic E-state index is 15.2. The van der Waals surface area contributed by atoms with Crippen LogP contribution in [-0.2, 0) is 13.7 Å². The first-order valence-corrected chi connectivity index (χ1v) is 21.3. The minimum Gasteiger partial charge on any atom is -0.215 e. The highest BCUT2D eigenvalue weighted by Gasteiger charge is 2.96. The third-order valence-corrected chi connectivity index (χ3v) is 14.7. The summed E-state index contributed by atoms with van der Waals surface area (Å²) >= 11 is 0. The second kappa shape index (κ2) is 20.7. The van der Waals surface area contributed by atoms with Crippen LogP contribution < -0.4 is 0 Å². The molecule has 0 heterocycles. The minimum absolute atomic E-state index is 0.0329. The van der Waals surface area contributed by atoms with Crippen molar-refractivity contribution >= 4 is 20.4 Å². The van der Waals surface area contributed by atoms with E-state index in [-0.39, 0.29) is 19.3 Å². The Balaban J connectivity index is 7.05. The van der Waals surface area contributed by atoms with Gasteiger partial charge < -0.3 is 0 Å². The molecule has 0 saturated heterocycles. The van der Waals surface area contributed by atoms with E-state index in [1.165, 1.54) is 0 Å². The predicted molar refractivity (Wildman–Crippen MR) is 173 cm³/mol. The number of alkyl halides is 17. The lowest BCUT2D eigenvalue weighted by Gasteiger charge is -2.43. The van der Waals surface area contributed by atoms with Crippen molar-refractivity contribution < 1.29 is 86.7 Å². The molecule has 0 spiro atoms. The third-order valence-electron chi connectivity index (χ3n) is 8.85. The molecule has 0 N–H and O–H groups in total. The summed E-state index contributed by atoms with van der Waals surface area (Å²) in [5, 5.41) is -7.66. The van der Waals surface area contributed by atoms with Crippen LogP contribution in [0.1, 0.15) is 136 Å². The Morgan fingerprint density at radius 2 is 0.593 bits per heavy atom. The van der Waals surface area contributed by atoms with Gasteiger partial charge in [-0.1, -0.05) is 117 Å². The van der Waals surface area contributed by atoms with E-state index in [0.29, 0.717) is 57.8 Å². The lowest BCUT2D eigenvalue weighted by atomic mass is 9.91. The van der Waals surface area contributed by atoms with E-state index in [1.54, 1.807) is 0 Å². The molecule has 0 aliphatic heterocycles. The molecule has 0 aromatic carbocycles. The normalized spacial score (nSPS) is 15.3. The largest absolute Gasteiger partial charge is 0.460 e. The quantitative estimate of drug-likeness (QED) is 0.0533. The monoisotopic (exact) mass is 870 g/mol. The molecule has 3 nitrogen and oxygen atoms in total. The lowest BCUT2D eigenvalue weighted by Crippen LogP contribution is -2.75. The van der Waals surface area contributed by atoms with Crippen LogP contribution in [-0.4, -0.2) is 72.6 Å². The van der Waals surface area contributed by atoms with Gasteiger partial charge in [-0.2, -0.15) is 83.1 Å². The van der Waals surface area contributed by atoms with Crippen molar-refractivity contribution in [1.82, 2.24) is 0 Å². The fourth-order valence-electron chi connectivity index (χ4n) is 5.38. The Morgan fingerprint density at radius 3 is 0.870 bits per heavy atom. The summed E-state index contributed by atoms with van der Waals surface area (Å²) in [4.78, 5) is 0. The SMILES string of the molecule is CCCCCCCCS(CCCCCCCC)(CCCCCCCC)OS(=O)(=O)C(F)(F)C(F)(F)C(F)(F)C(F)(F)C(F)(F)C(F)(F)C(F)(F)C(F)(F)F. The smallest absolute Gasteiger partial charge is 0.215 e. The van der Waals surface area contributed by atoms with Gasteiger partial charge in [0.1, 0.15) is 0 Å². The average molecular weight is 871 g/mol. The Bertz CT molecular complexity index is 1150. The van der Waals surface area contributed by atoms with Gasteiger partial charge in [0.2, 0.25) is 0 Å². The van der Waals surface area contributed by atoms with E-state index in [0.717, 1.165) is 38.5 Å². The molecule has 0 amide bonds. The summed E-state index contributed by atoms with van der Waals surface area (Å²) in [6.45, 7) is 5.65. The van der Waals surface area contributed by atoms with E-state index in [2.05, 4.69) is 3.63 Å². The fourth-order valence-corrected chi connectivity index (χ4v) is 11.3. The van der Waals surface area contributed by atoms with Crippen LogP contribution in [0.15, 0.2) is 0 Å². The van der Waals surface area contributed by atoms with Crippen molar-refractivity contribution in [3.05, 3.63) is 0 Å². The van der Waals surface area contributed by atoms with Gasteiger partial charge in [-0.05, 0) is 19.3 Å². The minimum atomic E-state index is -8.87. The second-order valence-corrected chi connectivity index (χ2v) is 18.5. The van der Waals surface area contributed by atoms with Crippen LogP contribution in [0.3, 0.4) is 0 Å². The van der Waals surface area contributed by atoms with E-state index < -0.39 is 84.7 Å². The van der Waals surface area contributed by atoms with Gasteiger partial charge in [-0.15, -0.1) is 10.3 Å². The third kappa shape index (κ3) is 11.8. The zero-order valence-electron chi connectivity index (χ0n) is 30.3. The predicted octanol–water partition coefficient (Wildman–Crippen LogP) is 14.1. The van der Waals surface area contributed by atoms with Gasteiger partial charge in [0.15, 0.2) is 0 Å². The zero-order chi connectivity index (χ0) is 42.6. The lowest BCUT2D eigenvalue weighted by molar-refractivity contribution is -0.458. The van der Waals surface area contributed by atoms with Crippen molar-refractivity contribution in [3.8, 4) is 0 Å². The Kier molecular flexibility index (Phi) is 20.3. The van der Waals surface area contributed by atoms with Crippen molar-refractivity contribution in [2.45, 2.75) is 183 Å². The maximum atomic E-state index is 15.2. The van der Waals surface area contributed by atoms with Gasteiger partial charge >= 0.3 is 57.1 Å². The molecule has 0 fully saturated rings. The average Bonchev–Trinajstić information content (AvgIpc) is 3.04. The summed E-state index contributed by atoms with van der Waals surface area (Å²) in [6, 6.07) is 0. The molecule has 0 rings (SSSR count). The van der Waals surface area contributed by atoms with Gasteiger partial charge in [-0.3, -0.25) is 0 Å². The highest BCUT2D eigenvalue weighted by atomic mass is 32.3. The summed E-state index contributed by atoms with van der Waals surface area (Å²) in [5.74, 6) is -53.0. The van der Waals surface area contributed by atoms with Crippen LogP contribution in [0.5, 0.6) is 0 Å². The molecule has 328 valence electrons. The summed E-state index contributed by atoms with van der Waals surface area (Å²) in [7, 11) is -11.2. The number of hydrogen-bond acceptors (Lipinski definition) is 3. The zero-order valence-corrected chi connectivity index (χ0v) is 31.9. The molecule has 0 bridgehead atoms. The molecular weight excluding hydrogens is 819 g/mol. The van der Waals surface area contributed by atoms with Crippen LogP contribution in [0.25, 0.3) is 0 Å². The summed E-state index contributed by atoms with van der Waals surface area (Å²) < 4.78 is 267. The molecule has 0 aliphatic carbocycles. The first-order chi connectivity index (χ1) is 24.4. The fraction of sp³-hybridized carbons (Fsp3) is 1.00. The highest BCUT2D eigenvalue weighted by molar-refractivity contribution is 8.33. The standard InChI is InChI=1S/C32H51F17O3S2/c1-4-7-10-13-16-19-22-53(23-20-17-14-11-8-5-2,24-21-18-15-12-9-6-3)52-54(50,51)32(48,49)30(43,44)28(39,40)26(35,36)25(33,34)27(37,38)29(41,42)31(45,46)47/h4-24H2,1-3H3. The van der Waals surface area contributed by atoms with E-state index >= 15 is 8.78 Å². The number of rotatable bonds is 30. The molecule has 0 atom stereocenters. The van der Waals surface area contributed by atoms with Gasteiger partial charge in [0.25, 0.3) is 0 Å². The highest BCUT2D eigenvalue weighted by Crippen LogP contribution is 2.65. The number of unbranched alkanes of at least 4 members (excludes halogenated alkanes) is 15. The van der Waals surface area contributed by atoms with Gasteiger partial charge in [0.05, 0.1) is 0 Å². The summed E-state index contributed by atoms with van der Waals surface area (Å²) in [5.41, 5.74) is 0. The Hall–Kier alpha value is -0.930. The first-order valence-electron chi connectivity index (χ1n) is 17.8. The van der Waals surface area contributed by atoms with Crippen molar-refractivity contribution in [1.29, 1.82) is 0 Å². The van der Waals surface area contributed by atoms with Crippen molar-refractivity contribution in [3.63, 3.8) is 0 Å². The van der Waals surface area contributed by atoms with E-state index in [1.807, 2.05) is 20.8 Å². The van der Waals surface area contributed by atoms with Crippen molar-refractivity contribution in [2.24, 2.45) is 0 Å². The van der Waals surface area contributed by atoms with Crippen molar-refractivity contribution in [2.75, 3.05) is 17.3 Å². The molecule has 54 heavy (non-hydrogen) atoms. The Labute approximate surface area is 307 Å². The number of halogens is 17. The first kappa shape index (κ1) is 53.1. The molecular formula is C32H51F17O3S2. The van der Waals surface area contributed by atoms with Gasteiger partial charge in [0, 0.05) is 17.3 Å².